The third-order valence-electron chi connectivity index (χ3n) is 5.64. The number of aryl methyl sites for hydroxylation is 2. The molecule has 160 valence electrons. The Balaban J connectivity index is 1.45. The first kappa shape index (κ1) is 19.9. The highest BCUT2D eigenvalue weighted by molar-refractivity contribution is 5.94. The summed E-state index contributed by atoms with van der Waals surface area (Å²) in [6, 6.07) is 23.4. The zero-order valence-corrected chi connectivity index (χ0v) is 18.0. The van der Waals surface area contributed by atoms with Gasteiger partial charge >= 0.3 is 0 Å². The molecule has 5 rings (SSSR count). The molecule has 6 nitrogen and oxygen atoms in total. The Morgan fingerprint density at radius 2 is 1.75 bits per heavy atom. The minimum Gasteiger partial charge on any atom is -0.454 e. The van der Waals surface area contributed by atoms with E-state index in [0.717, 1.165) is 28.3 Å². The lowest BCUT2D eigenvalue weighted by Gasteiger charge is -2.09. The van der Waals surface area contributed by atoms with Gasteiger partial charge in [0.1, 0.15) is 5.69 Å². The van der Waals surface area contributed by atoms with E-state index in [9.17, 15) is 4.79 Å². The minimum atomic E-state index is -0.200. The SMILES string of the molecule is Cc1ccc(-c2cc(C(=O)NCc3ccc4c(c3)OCO4)n(-c3ccccc3)n2)cc1C. The summed E-state index contributed by atoms with van der Waals surface area (Å²) in [4.78, 5) is 13.2. The van der Waals surface area contributed by atoms with Crippen molar-refractivity contribution < 1.29 is 14.3 Å². The Kier molecular flexibility index (Phi) is 5.11. The summed E-state index contributed by atoms with van der Waals surface area (Å²) in [5.41, 5.74) is 6.38. The van der Waals surface area contributed by atoms with Crippen LogP contribution in [0.15, 0.2) is 72.8 Å². The van der Waals surface area contributed by atoms with Gasteiger partial charge in [0.2, 0.25) is 6.79 Å². The lowest BCUT2D eigenvalue weighted by atomic mass is 10.0. The number of hydrogen-bond donors (Lipinski definition) is 1. The van der Waals surface area contributed by atoms with Gasteiger partial charge in [-0.25, -0.2) is 4.68 Å². The summed E-state index contributed by atoms with van der Waals surface area (Å²) in [6.07, 6.45) is 0. The number of amides is 1. The van der Waals surface area contributed by atoms with Crippen molar-refractivity contribution in [3.63, 3.8) is 0 Å². The first-order chi connectivity index (χ1) is 15.6. The predicted molar refractivity (Wildman–Crippen MR) is 122 cm³/mol. The molecule has 3 aromatic carbocycles. The normalized spacial score (nSPS) is 12.1. The van der Waals surface area contributed by atoms with Gasteiger partial charge in [0.25, 0.3) is 5.91 Å². The van der Waals surface area contributed by atoms with Crippen LogP contribution >= 0.6 is 0 Å². The van der Waals surface area contributed by atoms with Crippen molar-refractivity contribution >= 4 is 5.91 Å². The van der Waals surface area contributed by atoms with E-state index < -0.39 is 0 Å². The smallest absolute Gasteiger partial charge is 0.270 e. The van der Waals surface area contributed by atoms with Crippen LogP contribution in [0.2, 0.25) is 0 Å². The molecule has 1 amide bonds. The third kappa shape index (κ3) is 3.83. The Morgan fingerprint density at radius 3 is 2.56 bits per heavy atom. The van der Waals surface area contributed by atoms with Crippen LogP contribution in [0.4, 0.5) is 0 Å². The number of hydrogen-bond acceptors (Lipinski definition) is 4. The number of fused-ring (bicyclic) bond motifs is 1. The molecule has 0 unspecified atom stereocenters. The van der Waals surface area contributed by atoms with Crippen molar-refractivity contribution in [1.29, 1.82) is 0 Å². The molecule has 0 saturated carbocycles. The number of aromatic nitrogens is 2. The van der Waals surface area contributed by atoms with Crippen molar-refractivity contribution in [2.24, 2.45) is 0 Å². The first-order valence-corrected chi connectivity index (χ1v) is 10.5. The molecule has 1 aliphatic rings. The van der Waals surface area contributed by atoms with Crippen LogP contribution in [-0.4, -0.2) is 22.5 Å². The molecule has 2 heterocycles. The van der Waals surface area contributed by atoms with Crippen LogP contribution in [-0.2, 0) is 6.54 Å². The van der Waals surface area contributed by atoms with Gasteiger partial charge in [-0.2, -0.15) is 5.10 Å². The maximum atomic E-state index is 13.2. The number of ether oxygens (including phenoxy) is 2. The molecular weight excluding hydrogens is 402 g/mol. The molecule has 6 heteroatoms. The summed E-state index contributed by atoms with van der Waals surface area (Å²) in [6.45, 7) is 4.75. The fourth-order valence-electron chi connectivity index (χ4n) is 3.67. The largest absolute Gasteiger partial charge is 0.454 e. The van der Waals surface area contributed by atoms with Crippen LogP contribution in [0.1, 0.15) is 27.2 Å². The first-order valence-electron chi connectivity index (χ1n) is 10.5. The second-order valence-corrected chi connectivity index (χ2v) is 7.83. The van der Waals surface area contributed by atoms with Gasteiger partial charge in [0.05, 0.1) is 11.4 Å². The van der Waals surface area contributed by atoms with Crippen LogP contribution in [0.25, 0.3) is 16.9 Å². The minimum absolute atomic E-state index is 0.200. The van der Waals surface area contributed by atoms with Crippen LogP contribution in [0.5, 0.6) is 11.5 Å². The van der Waals surface area contributed by atoms with E-state index in [1.54, 1.807) is 4.68 Å². The summed E-state index contributed by atoms with van der Waals surface area (Å²) in [7, 11) is 0. The fraction of sp³-hybridized carbons (Fsp3) is 0.154. The molecule has 1 N–H and O–H groups in total. The van der Waals surface area contributed by atoms with E-state index in [4.69, 9.17) is 14.6 Å². The van der Waals surface area contributed by atoms with Gasteiger partial charge in [0.15, 0.2) is 11.5 Å². The highest BCUT2D eigenvalue weighted by Crippen LogP contribution is 2.32. The van der Waals surface area contributed by atoms with Gasteiger partial charge < -0.3 is 14.8 Å². The van der Waals surface area contributed by atoms with Crippen molar-refractivity contribution in [2.75, 3.05) is 6.79 Å². The van der Waals surface area contributed by atoms with Gasteiger partial charge in [-0.1, -0.05) is 36.4 Å². The molecule has 0 saturated heterocycles. The molecule has 0 spiro atoms. The van der Waals surface area contributed by atoms with Crippen LogP contribution in [0, 0.1) is 13.8 Å². The van der Waals surface area contributed by atoms with E-state index in [-0.39, 0.29) is 12.7 Å². The second kappa shape index (κ2) is 8.23. The lowest BCUT2D eigenvalue weighted by Crippen LogP contribution is -2.25. The number of rotatable bonds is 5. The second-order valence-electron chi connectivity index (χ2n) is 7.83. The maximum Gasteiger partial charge on any atom is 0.270 e. The van der Waals surface area contributed by atoms with E-state index in [1.165, 1.54) is 11.1 Å². The van der Waals surface area contributed by atoms with Gasteiger partial charge in [0, 0.05) is 12.1 Å². The molecule has 0 radical (unpaired) electrons. The standard InChI is InChI=1S/C26H23N3O3/c1-17-8-10-20(12-18(17)2)22-14-23(29(28-22)21-6-4-3-5-7-21)26(30)27-15-19-9-11-24-25(13-19)32-16-31-24/h3-14H,15-16H2,1-2H3,(H,27,30). The zero-order valence-electron chi connectivity index (χ0n) is 18.0. The third-order valence-corrected chi connectivity index (χ3v) is 5.64. The zero-order chi connectivity index (χ0) is 22.1. The Bertz CT molecular complexity index is 1300. The average molecular weight is 425 g/mol. The maximum absolute atomic E-state index is 13.2. The topological polar surface area (TPSA) is 65.4 Å². The summed E-state index contributed by atoms with van der Waals surface area (Å²) >= 11 is 0. The van der Waals surface area contributed by atoms with E-state index in [1.807, 2.05) is 60.7 Å². The molecule has 0 bridgehead atoms. The van der Waals surface area contributed by atoms with Gasteiger partial charge in [-0.3, -0.25) is 4.79 Å². The van der Waals surface area contributed by atoms with E-state index >= 15 is 0 Å². The van der Waals surface area contributed by atoms with Crippen molar-refractivity contribution in [3.05, 3.63) is 95.2 Å². The van der Waals surface area contributed by atoms with Crippen LogP contribution < -0.4 is 14.8 Å². The Labute approximate surface area is 186 Å². The quantitative estimate of drug-likeness (QED) is 0.498. The summed E-state index contributed by atoms with van der Waals surface area (Å²) < 4.78 is 12.5. The molecule has 0 fully saturated rings. The predicted octanol–water partition coefficient (Wildman–Crippen LogP) is 4.81. The Morgan fingerprint density at radius 1 is 0.938 bits per heavy atom. The lowest BCUT2D eigenvalue weighted by molar-refractivity contribution is 0.0943. The number of nitrogens with zero attached hydrogens (tertiary/aromatic N) is 2. The average Bonchev–Trinajstić information content (AvgIpc) is 3.47. The monoisotopic (exact) mass is 425 g/mol. The molecule has 1 aliphatic heterocycles. The highest BCUT2D eigenvalue weighted by atomic mass is 16.7. The number of nitrogens with one attached hydrogen (secondary N) is 1. The fourth-order valence-corrected chi connectivity index (χ4v) is 3.67. The van der Waals surface area contributed by atoms with Gasteiger partial charge in [-0.15, -0.1) is 0 Å². The molecule has 0 atom stereocenters. The highest BCUT2D eigenvalue weighted by Gasteiger charge is 2.19. The summed E-state index contributed by atoms with van der Waals surface area (Å²) in [5.74, 6) is 1.22. The molecule has 0 aliphatic carbocycles. The van der Waals surface area contributed by atoms with Gasteiger partial charge in [-0.05, 0) is 66.9 Å². The van der Waals surface area contributed by atoms with Crippen molar-refractivity contribution in [3.8, 4) is 28.4 Å². The summed E-state index contributed by atoms with van der Waals surface area (Å²) in [5, 5.41) is 7.77. The Hall–Kier alpha value is -4.06. The molecule has 32 heavy (non-hydrogen) atoms. The number of carbonyl (C=O) groups is 1. The van der Waals surface area contributed by atoms with Crippen molar-refractivity contribution in [1.82, 2.24) is 15.1 Å². The molecule has 1 aromatic heterocycles. The molecular formula is C26H23N3O3. The van der Waals surface area contributed by atoms with Crippen LogP contribution in [0.3, 0.4) is 0 Å². The number of carbonyl (C=O) groups excluding carboxylic acids is 1. The number of para-hydroxylation sites is 1. The molecule has 4 aromatic rings. The van der Waals surface area contributed by atoms with E-state index in [0.29, 0.717) is 18.0 Å². The van der Waals surface area contributed by atoms with Crippen molar-refractivity contribution in [2.45, 2.75) is 20.4 Å². The van der Waals surface area contributed by atoms with E-state index in [2.05, 4.69) is 31.3 Å². The number of benzene rings is 3.